The maximum Gasteiger partial charge on any atom is 0.342 e. The van der Waals surface area contributed by atoms with E-state index in [-0.39, 0.29) is 22.2 Å². The number of aromatic hydroxyl groups is 1. The van der Waals surface area contributed by atoms with Crippen LogP contribution in [0.15, 0.2) is 42.5 Å². The number of phenols is 1. The fraction of sp³-hybridized carbons (Fsp3) is 0.167. The molecular formula is C18H17ClN2O5. The zero-order valence-electron chi connectivity index (χ0n) is 14.2. The summed E-state index contributed by atoms with van der Waals surface area (Å²) in [5.74, 6) is -1.88. The molecule has 0 aliphatic carbocycles. The van der Waals surface area contributed by atoms with Gasteiger partial charge in [-0.15, -0.1) is 0 Å². The minimum absolute atomic E-state index is 0.128. The summed E-state index contributed by atoms with van der Waals surface area (Å²) < 4.78 is 4.86. The predicted molar refractivity (Wildman–Crippen MR) is 96.5 cm³/mol. The molecule has 0 aromatic heterocycles. The van der Waals surface area contributed by atoms with Crippen molar-refractivity contribution in [3.05, 3.63) is 58.6 Å². The van der Waals surface area contributed by atoms with Gasteiger partial charge < -0.3 is 20.1 Å². The van der Waals surface area contributed by atoms with Crippen molar-refractivity contribution in [2.75, 3.05) is 26.0 Å². The summed E-state index contributed by atoms with van der Waals surface area (Å²) >= 11 is 5.76. The summed E-state index contributed by atoms with van der Waals surface area (Å²) in [6.07, 6.45) is 0. The number of nitrogens with zero attached hydrogens (tertiary/aromatic N) is 1. The third-order valence-corrected chi connectivity index (χ3v) is 3.57. The quantitative estimate of drug-likeness (QED) is 0.782. The summed E-state index contributed by atoms with van der Waals surface area (Å²) in [5.41, 5.74) is 0.805. The SMILES string of the molecule is CN(C)C(=O)c1ccc(NC(=O)COC(=O)c2cc(Cl)ccc2O)cc1. The zero-order chi connectivity index (χ0) is 19.3. The number of benzene rings is 2. The number of halogens is 1. The lowest BCUT2D eigenvalue weighted by atomic mass is 10.2. The molecular weight excluding hydrogens is 360 g/mol. The van der Waals surface area contributed by atoms with E-state index in [4.69, 9.17) is 16.3 Å². The second kappa shape index (κ2) is 8.35. The molecule has 8 heteroatoms. The average molecular weight is 377 g/mol. The highest BCUT2D eigenvalue weighted by Crippen LogP contribution is 2.22. The van der Waals surface area contributed by atoms with Gasteiger partial charge in [-0.25, -0.2) is 4.79 Å². The minimum Gasteiger partial charge on any atom is -0.507 e. The first kappa shape index (κ1) is 19.3. The van der Waals surface area contributed by atoms with Gasteiger partial charge in [-0.2, -0.15) is 0 Å². The van der Waals surface area contributed by atoms with Crippen LogP contribution in [0.3, 0.4) is 0 Å². The van der Waals surface area contributed by atoms with Gasteiger partial charge in [0, 0.05) is 30.4 Å². The Hall–Kier alpha value is -3.06. The van der Waals surface area contributed by atoms with Crippen molar-refractivity contribution >= 4 is 35.1 Å². The monoisotopic (exact) mass is 376 g/mol. The molecule has 2 aromatic rings. The molecule has 2 amide bonds. The summed E-state index contributed by atoms with van der Waals surface area (Å²) in [6.45, 7) is -0.539. The van der Waals surface area contributed by atoms with Crippen LogP contribution >= 0.6 is 11.6 Å². The molecule has 0 fully saturated rings. The number of anilines is 1. The van der Waals surface area contributed by atoms with Gasteiger partial charge in [-0.1, -0.05) is 11.6 Å². The second-order valence-electron chi connectivity index (χ2n) is 5.56. The highest BCUT2D eigenvalue weighted by molar-refractivity contribution is 6.31. The molecule has 136 valence electrons. The summed E-state index contributed by atoms with van der Waals surface area (Å²) in [5, 5.41) is 12.4. The molecule has 0 unspecified atom stereocenters. The Morgan fingerprint density at radius 1 is 1.12 bits per heavy atom. The Labute approximate surface area is 155 Å². The molecule has 0 aliphatic heterocycles. The standard InChI is InChI=1S/C18H17ClN2O5/c1-21(2)17(24)11-3-6-13(7-4-11)20-16(23)10-26-18(25)14-9-12(19)5-8-15(14)22/h3-9,22H,10H2,1-2H3,(H,20,23). The van der Waals surface area contributed by atoms with Gasteiger partial charge in [-0.3, -0.25) is 9.59 Å². The molecule has 0 aliphatic rings. The van der Waals surface area contributed by atoms with Crippen LogP contribution in [-0.2, 0) is 9.53 Å². The first-order chi connectivity index (χ1) is 12.3. The summed E-state index contributed by atoms with van der Waals surface area (Å²) in [6, 6.07) is 10.2. The van der Waals surface area contributed by atoms with E-state index in [1.54, 1.807) is 38.4 Å². The Morgan fingerprint density at radius 3 is 2.38 bits per heavy atom. The molecule has 0 saturated carbocycles. The lowest BCUT2D eigenvalue weighted by Gasteiger charge is -2.11. The van der Waals surface area contributed by atoms with Gasteiger partial charge in [-0.05, 0) is 42.5 Å². The molecule has 0 spiro atoms. The van der Waals surface area contributed by atoms with Crippen LogP contribution in [0.4, 0.5) is 5.69 Å². The van der Waals surface area contributed by atoms with Crippen molar-refractivity contribution in [1.29, 1.82) is 0 Å². The van der Waals surface area contributed by atoms with Gasteiger partial charge in [0.2, 0.25) is 0 Å². The first-order valence-electron chi connectivity index (χ1n) is 7.55. The van der Waals surface area contributed by atoms with Gasteiger partial charge >= 0.3 is 5.97 Å². The van der Waals surface area contributed by atoms with Gasteiger partial charge in [0.1, 0.15) is 11.3 Å². The van der Waals surface area contributed by atoms with E-state index in [2.05, 4.69) is 5.32 Å². The number of ether oxygens (including phenoxy) is 1. The topological polar surface area (TPSA) is 95.9 Å². The zero-order valence-corrected chi connectivity index (χ0v) is 14.9. The summed E-state index contributed by atoms with van der Waals surface area (Å²) in [7, 11) is 3.29. The van der Waals surface area contributed by atoms with E-state index < -0.39 is 18.5 Å². The number of carbonyl (C=O) groups excluding carboxylic acids is 3. The number of rotatable bonds is 5. The smallest absolute Gasteiger partial charge is 0.342 e. The van der Waals surface area contributed by atoms with Gasteiger partial charge in [0.05, 0.1) is 0 Å². The Bertz CT molecular complexity index is 834. The molecule has 0 atom stereocenters. The van der Waals surface area contributed by atoms with E-state index in [1.807, 2.05) is 0 Å². The number of phenolic OH excluding ortho intramolecular Hbond substituents is 1. The van der Waals surface area contributed by atoms with Crippen molar-refractivity contribution in [2.24, 2.45) is 0 Å². The third-order valence-electron chi connectivity index (χ3n) is 3.33. The lowest BCUT2D eigenvalue weighted by Crippen LogP contribution is -2.22. The van der Waals surface area contributed by atoms with Crippen LogP contribution < -0.4 is 5.32 Å². The predicted octanol–water partition coefficient (Wildman–Crippen LogP) is 2.54. The van der Waals surface area contributed by atoms with Gasteiger partial charge in [0.25, 0.3) is 11.8 Å². The van der Waals surface area contributed by atoms with E-state index in [9.17, 15) is 19.5 Å². The van der Waals surface area contributed by atoms with Gasteiger partial charge in [0.15, 0.2) is 6.61 Å². The Morgan fingerprint density at radius 2 is 1.77 bits per heavy atom. The van der Waals surface area contributed by atoms with Crippen LogP contribution in [0, 0.1) is 0 Å². The van der Waals surface area contributed by atoms with Crippen LogP contribution in [0.1, 0.15) is 20.7 Å². The molecule has 0 radical (unpaired) electrons. The van der Waals surface area contributed by atoms with Crippen molar-refractivity contribution in [2.45, 2.75) is 0 Å². The normalized spacial score (nSPS) is 10.1. The Kier molecular flexibility index (Phi) is 6.19. The maximum atomic E-state index is 11.9. The first-order valence-corrected chi connectivity index (χ1v) is 7.93. The van der Waals surface area contributed by atoms with E-state index in [1.165, 1.54) is 23.1 Å². The third kappa shape index (κ3) is 4.97. The number of carbonyl (C=O) groups is 3. The number of nitrogens with one attached hydrogen (secondary N) is 1. The van der Waals surface area contributed by atoms with Crippen molar-refractivity contribution in [3.8, 4) is 5.75 Å². The van der Waals surface area contributed by atoms with E-state index in [0.717, 1.165) is 0 Å². The maximum absolute atomic E-state index is 11.9. The van der Waals surface area contributed by atoms with E-state index in [0.29, 0.717) is 11.3 Å². The second-order valence-corrected chi connectivity index (χ2v) is 6.00. The number of hydrogen-bond donors (Lipinski definition) is 2. The highest BCUT2D eigenvalue weighted by Gasteiger charge is 2.15. The minimum atomic E-state index is -0.868. The fourth-order valence-corrected chi connectivity index (χ4v) is 2.20. The lowest BCUT2D eigenvalue weighted by molar-refractivity contribution is -0.119. The molecule has 0 saturated heterocycles. The van der Waals surface area contributed by atoms with Crippen molar-refractivity contribution in [1.82, 2.24) is 4.90 Å². The number of esters is 1. The van der Waals surface area contributed by atoms with Crippen molar-refractivity contribution < 1.29 is 24.2 Å². The number of amides is 2. The van der Waals surface area contributed by atoms with Crippen LogP contribution in [0.2, 0.25) is 5.02 Å². The molecule has 0 heterocycles. The molecule has 2 rings (SSSR count). The molecule has 2 aromatic carbocycles. The molecule has 26 heavy (non-hydrogen) atoms. The fourth-order valence-electron chi connectivity index (χ4n) is 2.03. The molecule has 7 nitrogen and oxygen atoms in total. The number of hydrogen-bond acceptors (Lipinski definition) is 5. The molecule has 0 bridgehead atoms. The largest absolute Gasteiger partial charge is 0.507 e. The highest BCUT2D eigenvalue weighted by atomic mass is 35.5. The van der Waals surface area contributed by atoms with Crippen LogP contribution in [0.25, 0.3) is 0 Å². The molecule has 2 N–H and O–H groups in total. The van der Waals surface area contributed by atoms with Crippen LogP contribution in [0.5, 0.6) is 5.75 Å². The van der Waals surface area contributed by atoms with Crippen LogP contribution in [-0.4, -0.2) is 48.5 Å². The average Bonchev–Trinajstić information content (AvgIpc) is 2.61. The summed E-state index contributed by atoms with van der Waals surface area (Å²) in [4.78, 5) is 37.0. The van der Waals surface area contributed by atoms with Crippen molar-refractivity contribution in [3.63, 3.8) is 0 Å². The van der Waals surface area contributed by atoms with E-state index >= 15 is 0 Å². The Balaban J connectivity index is 1.91.